The smallest absolute Gasteiger partial charge is 0.146 e. The van der Waals surface area contributed by atoms with Crippen LogP contribution >= 0.6 is 0 Å². The van der Waals surface area contributed by atoms with Gasteiger partial charge in [0.2, 0.25) is 0 Å². The van der Waals surface area contributed by atoms with E-state index in [2.05, 4.69) is 13.8 Å². The summed E-state index contributed by atoms with van der Waals surface area (Å²) in [6.07, 6.45) is 0.292. The fraction of sp³-hybridized carbons (Fsp3) is 0.571. The first-order chi connectivity index (χ1) is 8.02. The highest BCUT2D eigenvalue weighted by molar-refractivity contribution is 5.56. The van der Waals surface area contributed by atoms with Gasteiger partial charge in [0.1, 0.15) is 5.82 Å². The summed E-state index contributed by atoms with van der Waals surface area (Å²) in [5, 5.41) is 9.73. The van der Waals surface area contributed by atoms with Gasteiger partial charge in [0.15, 0.2) is 0 Å². The van der Waals surface area contributed by atoms with Crippen LogP contribution in [0.1, 0.15) is 45.8 Å². The molecule has 1 N–H and O–H groups in total. The summed E-state index contributed by atoms with van der Waals surface area (Å²) >= 11 is 0. The van der Waals surface area contributed by atoms with E-state index >= 15 is 0 Å². The molecule has 0 heterocycles. The summed E-state index contributed by atoms with van der Waals surface area (Å²) in [4.78, 5) is 2.01. The number of benzene rings is 1. The summed E-state index contributed by atoms with van der Waals surface area (Å²) in [6.45, 7) is 8.56. The molecular weight excluding hydrogens is 217 g/mol. The SMILES string of the molecule is CCC(C)N(CC)c1c(F)cccc1[C@@H](C)O. The molecule has 0 aliphatic carbocycles. The van der Waals surface area contributed by atoms with Crippen LogP contribution in [-0.2, 0) is 0 Å². The number of hydrogen-bond donors (Lipinski definition) is 1. The van der Waals surface area contributed by atoms with Crippen molar-refractivity contribution in [2.24, 2.45) is 0 Å². The largest absolute Gasteiger partial charge is 0.389 e. The molecule has 1 aromatic carbocycles. The van der Waals surface area contributed by atoms with Crippen LogP contribution in [0.25, 0.3) is 0 Å². The van der Waals surface area contributed by atoms with Crippen molar-refractivity contribution < 1.29 is 9.50 Å². The summed E-state index contributed by atoms with van der Waals surface area (Å²) in [6, 6.07) is 5.14. The van der Waals surface area contributed by atoms with Gasteiger partial charge in [-0.05, 0) is 33.3 Å². The third kappa shape index (κ3) is 2.97. The number of nitrogens with zero attached hydrogens (tertiary/aromatic N) is 1. The number of para-hydroxylation sites is 1. The Hall–Kier alpha value is -1.09. The molecule has 0 saturated carbocycles. The zero-order chi connectivity index (χ0) is 13.0. The van der Waals surface area contributed by atoms with Crippen LogP contribution in [0.2, 0.25) is 0 Å². The zero-order valence-corrected chi connectivity index (χ0v) is 11.1. The van der Waals surface area contributed by atoms with Gasteiger partial charge in [-0.15, -0.1) is 0 Å². The van der Waals surface area contributed by atoms with Crippen LogP contribution < -0.4 is 4.90 Å². The molecule has 3 heteroatoms. The van der Waals surface area contributed by atoms with Gasteiger partial charge in [0.05, 0.1) is 11.8 Å². The summed E-state index contributed by atoms with van der Waals surface area (Å²) < 4.78 is 14.0. The number of halogens is 1. The third-order valence-electron chi connectivity index (χ3n) is 3.22. The predicted octanol–water partition coefficient (Wildman–Crippen LogP) is 3.50. The lowest BCUT2D eigenvalue weighted by Crippen LogP contribution is -2.34. The minimum Gasteiger partial charge on any atom is -0.389 e. The molecule has 2 nitrogen and oxygen atoms in total. The van der Waals surface area contributed by atoms with Crippen LogP contribution in [0.3, 0.4) is 0 Å². The minimum absolute atomic E-state index is 0.259. The van der Waals surface area contributed by atoms with Crippen molar-refractivity contribution in [3.63, 3.8) is 0 Å². The molecule has 1 rings (SSSR count). The Bertz CT molecular complexity index is 365. The molecule has 0 saturated heterocycles. The quantitative estimate of drug-likeness (QED) is 0.850. The maximum absolute atomic E-state index is 14.0. The number of aliphatic hydroxyl groups excluding tert-OH is 1. The van der Waals surface area contributed by atoms with Crippen molar-refractivity contribution in [2.45, 2.75) is 46.3 Å². The molecule has 0 aromatic heterocycles. The number of aliphatic hydroxyl groups is 1. The Morgan fingerprint density at radius 3 is 2.41 bits per heavy atom. The number of anilines is 1. The second-order valence-corrected chi connectivity index (χ2v) is 4.40. The molecule has 0 aliphatic heterocycles. The summed E-state index contributed by atoms with van der Waals surface area (Å²) in [5.74, 6) is -0.259. The Morgan fingerprint density at radius 2 is 1.94 bits per heavy atom. The fourth-order valence-electron chi connectivity index (χ4n) is 2.08. The Balaban J connectivity index is 3.26. The van der Waals surface area contributed by atoms with E-state index in [1.807, 2.05) is 11.8 Å². The van der Waals surface area contributed by atoms with Gasteiger partial charge in [0.25, 0.3) is 0 Å². The monoisotopic (exact) mass is 239 g/mol. The summed E-state index contributed by atoms with van der Waals surface area (Å²) in [5.41, 5.74) is 1.20. The maximum atomic E-state index is 14.0. The van der Waals surface area contributed by atoms with Crippen LogP contribution in [0, 0.1) is 5.82 Å². The van der Waals surface area contributed by atoms with E-state index in [1.54, 1.807) is 19.1 Å². The lowest BCUT2D eigenvalue weighted by atomic mass is 10.0. The van der Waals surface area contributed by atoms with Gasteiger partial charge in [-0.3, -0.25) is 0 Å². The van der Waals surface area contributed by atoms with Gasteiger partial charge in [-0.1, -0.05) is 19.1 Å². The van der Waals surface area contributed by atoms with Gasteiger partial charge in [0, 0.05) is 18.2 Å². The third-order valence-corrected chi connectivity index (χ3v) is 3.22. The normalized spacial score (nSPS) is 14.5. The van der Waals surface area contributed by atoms with Gasteiger partial charge in [-0.25, -0.2) is 4.39 Å². The molecule has 0 radical (unpaired) electrons. The van der Waals surface area contributed by atoms with E-state index in [4.69, 9.17) is 0 Å². The van der Waals surface area contributed by atoms with E-state index in [-0.39, 0.29) is 11.9 Å². The maximum Gasteiger partial charge on any atom is 0.146 e. The van der Waals surface area contributed by atoms with E-state index in [0.717, 1.165) is 13.0 Å². The highest BCUT2D eigenvalue weighted by atomic mass is 19.1. The van der Waals surface area contributed by atoms with Crippen molar-refractivity contribution in [2.75, 3.05) is 11.4 Å². The molecule has 0 fully saturated rings. The first-order valence-corrected chi connectivity index (χ1v) is 6.26. The van der Waals surface area contributed by atoms with E-state index in [9.17, 15) is 9.50 Å². The average molecular weight is 239 g/mol. The van der Waals surface area contributed by atoms with E-state index in [1.165, 1.54) is 6.07 Å². The molecule has 0 aliphatic rings. The topological polar surface area (TPSA) is 23.5 Å². The summed E-state index contributed by atoms with van der Waals surface area (Å²) in [7, 11) is 0. The molecule has 0 bridgehead atoms. The number of rotatable bonds is 5. The van der Waals surface area contributed by atoms with Gasteiger partial charge in [-0.2, -0.15) is 0 Å². The Morgan fingerprint density at radius 1 is 1.29 bits per heavy atom. The first kappa shape index (κ1) is 14.0. The highest BCUT2D eigenvalue weighted by Crippen LogP contribution is 2.31. The van der Waals surface area contributed by atoms with Crippen LogP contribution in [-0.4, -0.2) is 17.7 Å². The van der Waals surface area contributed by atoms with Crippen LogP contribution in [0.5, 0.6) is 0 Å². The standard InChI is InChI=1S/C14H22FNO/c1-5-10(3)16(6-2)14-12(11(4)17)8-7-9-13(14)15/h7-11,17H,5-6H2,1-4H3/t10?,11-/m1/s1. The van der Waals surface area contributed by atoms with Crippen molar-refractivity contribution in [1.29, 1.82) is 0 Å². The Labute approximate surface area is 103 Å². The van der Waals surface area contributed by atoms with Crippen LogP contribution in [0.15, 0.2) is 18.2 Å². The van der Waals surface area contributed by atoms with Crippen molar-refractivity contribution in [1.82, 2.24) is 0 Å². The van der Waals surface area contributed by atoms with Crippen molar-refractivity contribution in [3.05, 3.63) is 29.6 Å². The molecular formula is C14H22FNO. The second-order valence-electron chi connectivity index (χ2n) is 4.40. The van der Waals surface area contributed by atoms with Gasteiger partial charge < -0.3 is 10.0 Å². The minimum atomic E-state index is -0.654. The lowest BCUT2D eigenvalue weighted by Gasteiger charge is -2.32. The first-order valence-electron chi connectivity index (χ1n) is 6.26. The van der Waals surface area contributed by atoms with Gasteiger partial charge >= 0.3 is 0 Å². The highest BCUT2D eigenvalue weighted by Gasteiger charge is 2.20. The number of hydrogen-bond acceptors (Lipinski definition) is 2. The lowest BCUT2D eigenvalue weighted by molar-refractivity contribution is 0.199. The fourth-order valence-corrected chi connectivity index (χ4v) is 2.08. The van der Waals surface area contributed by atoms with E-state index < -0.39 is 6.10 Å². The van der Waals surface area contributed by atoms with Crippen molar-refractivity contribution >= 4 is 5.69 Å². The molecule has 0 amide bonds. The molecule has 96 valence electrons. The van der Waals surface area contributed by atoms with Crippen LogP contribution in [0.4, 0.5) is 10.1 Å². The Kier molecular flexibility index (Phi) is 4.94. The average Bonchev–Trinajstić information content (AvgIpc) is 2.31. The molecule has 1 aromatic rings. The molecule has 2 atom stereocenters. The molecule has 0 spiro atoms. The predicted molar refractivity (Wildman–Crippen MR) is 69.8 cm³/mol. The molecule has 1 unspecified atom stereocenters. The molecule has 17 heavy (non-hydrogen) atoms. The van der Waals surface area contributed by atoms with Crippen molar-refractivity contribution in [3.8, 4) is 0 Å². The van der Waals surface area contributed by atoms with E-state index in [0.29, 0.717) is 11.3 Å². The zero-order valence-electron chi connectivity index (χ0n) is 11.1. The second kappa shape index (κ2) is 6.01.